The number of amides is 1. The van der Waals surface area contributed by atoms with E-state index in [9.17, 15) is 4.79 Å². The predicted molar refractivity (Wildman–Crippen MR) is 86.5 cm³/mol. The number of rotatable bonds is 4. The molecule has 2 aromatic rings. The Bertz CT molecular complexity index is 733. The summed E-state index contributed by atoms with van der Waals surface area (Å²) < 4.78 is 0.726. The van der Waals surface area contributed by atoms with Crippen LogP contribution < -0.4 is 16.4 Å². The molecule has 1 aromatic heterocycles. The third-order valence-electron chi connectivity index (χ3n) is 2.50. The lowest BCUT2D eigenvalue weighted by Gasteiger charge is -2.05. The summed E-state index contributed by atoms with van der Waals surface area (Å²) in [6, 6.07) is 8.41. The van der Waals surface area contributed by atoms with Gasteiger partial charge in [-0.15, -0.1) is 0 Å². The second kappa shape index (κ2) is 7.19. The third-order valence-corrected chi connectivity index (χ3v) is 2.91. The van der Waals surface area contributed by atoms with Gasteiger partial charge < -0.3 is 16.4 Å². The first-order chi connectivity index (χ1) is 10.6. The molecule has 1 heterocycles. The van der Waals surface area contributed by atoms with Gasteiger partial charge >= 0.3 is 0 Å². The van der Waals surface area contributed by atoms with Crippen LogP contribution in [0.4, 0.5) is 17.3 Å². The van der Waals surface area contributed by atoms with Crippen molar-refractivity contribution in [1.82, 2.24) is 9.97 Å². The molecular formula is C14H11BrN6O. The van der Waals surface area contributed by atoms with Crippen LogP contribution in [0.2, 0.25) is 0 Å². The van der Waals surface area contributed by atoms with Gasteiger partial charge in [0, 0.05) is 30.0 Å². The molecule has 8 heteroatoms. The molecule has 7 nitrogen and oxygen atoms in total. The van der Waals surface area contributed by atoms with Gasteiger partial charge in [0.15, 0.2) is 0 Å². The van der Waals surface area contributed by atoms with Crippen LogP contribution >= 0.6 is 15.9 Å². The van der Waals surface area contributed by atoms with E-state index in [0.717, 1.165) is 4.47 Å². The minimum Gasteiger partial charge on any atom is -0.399 e. The van der Waals surface area contributed by atoms with E-state index in [0.29, 0.717) is 11.4 Å². The summed E-state index contributed by atoms with van der Waals surface area (Å²) in [5, 5.41) is 14.3. The van der Waals surface area contributed by atoms with Crippen molar-refractivity contribution in [2.75, 3.05) is 16.4 Å². The number of anilines is 3. The lowest BCUT2D eigenvalue weighted by atomic mass is 10.2. The van der Waals surface area contributed by atoms with Gasteiger partial charge in [-0.3, -0.25) is 4.79 Å². The van der Waals surface area contributed by atoms with Gasteiger partial charge in [0.25, 0.3) is 5.91 Å². The first kappa shape index (κ1) is 15.5. The summed E-state index contributed by atoms with van der Waals surface area (Å²) in [7, 11) is 0. The van der Waals surface area contributed by atoms with Crippen LogP contribution in [0.5, 0.6) is 0 Å². The highest BCUT2D eigenvalue weighted by molar-refractivity contribution is 9.10. The fourth-order valence-corrected chi connectivity index (χ4v) is 1.64. The van der Waals surface area contributed by atoms with E-state index in [2.05, 4.69) is 36.5 Å². The first-order valence-corrected chi connectivity index (χ1v) is 6.89. The largest absolute Gasteiger partial charge is 0.399 e. The SMILES string of the molecule is N#C/C(=C/Nc1ncc(Br)cn1)C(=O)Nc1ccc(N)cc1. The van der Waals surface area contributed by atoms with Crippen molar-refractivity contribution in [2.45, 2.75) is 0 Å². The van der Waals surface area contributed by atoms with E-state index in [-0.39, 0.29) is 11.5 Å². The number of halogens is 1. The molecule has 110 valence electrons. The van der Waals surface area contributed by atoms with Crippen LogP contribution in [0.3, 0.4) is 0 Å². The monoisotopic (exact) mass is 358 g/mol. The molecule has 0 bridgehead atoms. The van der Waals surface area contributed by atoms with Crippen LogP contribution in [0.15, 0.2) is 52.9 Å². The third kappa shape index (κ3) is 4.29. The van der Waals surface area contributed by atoms with Crippen molar-refractivity contribution in [1.29, 1.82) is 5.26 Å². The maximum Gasteiger partial charge on any atom is 0.267 e. The smallest absolute Gasteiger partial charge is 0.267 e. The van der Waals surface area contributed by atoms with E-state index in [1.165, 1.54) is 6.20 Å². The number of hydrogen-bond donors (Lipinski definition) is 3. The maximum absolute atomic E-state index is 12.0. The molecule has 0 spiro atoms. The predicted octanol–water partition coefficient (Wildman–Crippen LogP) is 2.28. The number of carbonyl (C=O) groups excluding carboxylic acids is 1. The first-order valence-electron chi connectivity index (χ1n) is 6.10. The number of carbonyl (C=O) groups is 1. The molecule has 1 aromatic carbocycles. The van der Waals surface area contributed by atoms with E-state index in [1.54, 1.807) is 36.7 Å². The molecule has 4 N–H and O–H groups in total. The number of nitrogens with two attached hydrogens (primary N) is 1. The van der Waals surface area contributed by atoms with Gasteiger partial charge in [0.1, 0.15) is 11.6 Å². The van der Waals surface area contributed by atoms with Crippen molar-refractivity contribution in [3.8, 4) is 6.07 Å². The van der Waals surface area contributed by atoms with E-state index in [1.807, 2.05) is 6.07 Å². The maximum atomic E-state index is 12.0. The fraction of sp³-hybridized carbons (Fsp3) is 0. The molecule has 1 amide bonds. The number of nitrogen functional groups attached to an aromatic ring is 1. The molecule has 0 fully saturated rings. The minimum absolute atomic E-state index is 0.108. The van der Waals surface area contributed by atoms with Crippen molar-refractivity contribution >= 4 is 39.2 Å². The van der Waals surface area contributed by atoms with E-state index < -0.39 is 5.91 Å². The van der Waals surface area contributed by atoms with E-state index >= 15 is 0 Å². The van der Waals surface area contributed by atoms with Crippen LogP contribution in [0, 0.1) is 11.3 Å². The summed E-state index contributed by atoms with van der Waals surface area (Å²) >= 11 is 3.21. The standard InChI is InChI=1S/C14H11BrN6O/c15-10-7-19-14(20-8-10)18-6-9(5-16)13(22)21-12-3-1-11(17)2-4-12/h1-4,6-8H,17H2,(H,21,22)(H,18,19,20)/b9-6-. The Hall–Kier alpha value is -2.92. The molecule has 0 atom stereocenters. The van der Waals surface area contributed by atoms with Gasteiger partial charge in [0.2, 0.25) is 5.95 Å². The normalized spacial score (nSPS) is 10.6. The second-order valence-corrected chi connectivity index (χ2v) is 5.03. The summed E-state index contributed by atoms with van der Waals surface area (Å²) in [4.78, 5) is 19.9. The van der Waals surface area contributed by atoms with Crippen LogP contribution in [-0.4, -0.2) is 15.9 Å². The average Bonchev–Trinajstić information content (AvgIpc) is 2.52. The Morgan fingerprint density at radius 2 is 1.91 bits per heavy atom. The van der Waals surface area contributed by atoms with Crippen LogP contribution in [-0.2, 0) is 4.79 Å². The number of nitrogens with zero attached hydrogens (tertiary/aromatic N) is 3. The number of aromatic nitrogens is 2. The Kier molecular flexibility index (Phi) is 5.06. The van der Waals surface area contributed by atoms with Crippen molar-refractivity contribution in [3.63, 3.8) is 0 Å². The summed E-state index contributed by atoms with van der Waals surface area (Å²) in [5.74, 6) is -0.270. The van der Waals surface area contributed by atoms with Crippen LogP contribution in [0.1, 0.15) is 0 Å². The number of nitrogens with one attached hydrogen (secondary N) is 2. The van der Waals surface area contributed by atoms with Crippen molar-refractivity contribution in [2.24, 2.45) is 0 Å². The van der Waals surface area contributed by atoms with Crippen LogP contribution in [0.25, 0.3) is 0 Å². The molecule has 0 saturated heterocycles. The molecule has 0 aliphatic heterocycles. The topological polar surface area (TPSA) is 117 Å². The van der Waals surface area contributed by atoms with Crippen molar-refractivity contribution in [3.05, 3.63) is 52.9 Å². The van der Waals surface area contributed by atoms with Gasteiger partial charge in [-0.1, -0.05) is 0 Å². The molecular weight excluding hydrogens is 348 g/mol. The molecule has 0 unspecified atom stereocenters. The zero-order valence-corrected chi connectivity index (χ0v) is 12.8. The summed E-state index contributed by atoms with van der Waals surface area (Å²) in [6.45, 7) is 0. The molecule has 0 aliphatic carbocycles. The number of nitriles is 1. The van der Waals surface area contributed by atoms with Gasteiger partial charge in [-0.25, -0.2) is 9.97 Å². The molecule has 2 rings (SSSR count). The van der Waals surface area contributed by atoms with Gasteiger partial charge in [0.05, 0.1) is 4.47 Å². The summed E-state index contributed by atoms with van der Waals surface area (Å²) in [5.41, 5.74) is 6.58. The number of hydrogen-bond acceptors (Lipinski definition) is 6. The quantitative estimate of drug-likeness (QED) is 0.438. The molecule has 22 heavy (non-hydrogen) atoms. The Labute approximate surface area is 135 Å². The summed E-state index contributed by atoms with van der Waals surface area (Å²) in [6.07, 6.45) is 4.34. The van der Waals surface area contributed by atoms with E-state index in [4.69, 9.17) is 11.0 Å². The Morgan fingerprint density at radius 1 is 1.27 bits per heavy atom. The fourth-order valence-electron chi connectivity index (χ4n) is 1.44. The Morgan fingerprint density at radius 3 is 2.50 bits per heavy atom. The molecule has 0 saturated carbocycles. The van der Waals surface area contributed by atoms with Crippen molar-refractivity contribution < 1.29 is 4.79 Å². The zero-order valence-electron chi connectivity index (χ0n) is 11.2. The second-order valence-electron chi connectivity index (χ2n) is 4.12. The zero-order chi connectivity index (χ0) is 15.9. The molecule has 0 radical (unpaired) electrons. The Balaban J connectivity index is 2.05. The highest BCUT2D eigenvalue weighted by Gasteiger charge is 2.09. The minimum atomic E-state index is -0.545. The highest BCUT2D eigenvalue weighted by Crippen LogP contribution is 2.12. The highest BCUT2D eigenvalue weighted by atomic mass is 79.9. The lowest BCUT2D eigenvalue weighted by Crippen LogP contribution is -2.14. The molecule has 0 aliphatic rings. The average molecular weight is 359 g/mol. The van der Waals surface area contributed by atoms with Gasteiger partial charge in [-0.05, 0) is 40.2 Å². The number of benzene rings is 1. The van der Waals surface area contributed by atoms with Gasteiger partial charge in [-0.2, -0.15) is 5.26 Å². The lowest BCUT2D eigenvalue weighted by molar-refractivity contribution is -0.112.